The van der Waals surface area contributed by atoms with E-state index in [1.165, 1.54) is 4.90 Å². The number of anilines is 1. The van der Waals surface area contributed by atoms with E-state index in [9.17, 15) is 0 Å². The highest BCUT2D eigenvalue weighted by atomic mass is 79.9. The summed E-state index contributed by atoms with van der Waals surface area (Å²) in [5.74, 6) is 0.930. The summed E-state index contributed by atoms with van der Waals surface area (Å²) in [6.07, 6.45) is 4.02. The lowest BCUT2D eigenvalue weighted by atomic mass is 10.3. The molecule has 2 nitrogen and oxygen atoms in total. The van der Waals surface area contributed by atoms with Crippen LogP contribution in [0.2, 0.25) is 0 Å². The van der Waals surface area contributed by atoms with Crippen LogP contribution >= 0.6 is 27.7 Å². The zero-order chi connectivity index (χ0) is 10.4. The van der Waals surface area contributed by atoms with Crippen molar-refractivity contribution in [1.29, 1.82) is 0 Å². The van der Waals surface area contributed by atoms with Crippen molar-refractivity contribution in [1.82, 2.24) is 0 Å². The van der Waals surface area contributed by atoms with Crippen LogP contribution in [0.4, 0.5) is 5.69 Å². The van der Waals surface area contributed by atoms with E-state index in [2.05, 4.69) is 22.0 Å². The maximum Gasteiger partial charge on any atom is 0.0331 e. The van der Waals surface area contributed by atoms with Crippen LogP contribution in [0.1, 0.15) is 0 Å². The standard InChI is InChI=1S/C10H13BrN2S/c11-9-7-8(13)3-4-10(9)14-6-2-1-5-12/h1-4,7H,5-6,12-13H2/b2-1+. The van der Waals surface area contributed by atoms with Gasteiger partial charge in [0.1, 0.15) is 0 Å². The van der Waals surface area contributed by atoms with E-state index in [0.29, 0.717) is 6.54 Å². The number of halogens is 1. The first kappa shape index (κ1) is 11.6. The predicted octanol–water partition coefficient (Wildman–Crippen LogP) is 2.64. The molecule has 1 rings (SSSR count). The van der Waals surface area contributed by atoms with Gasteiger partial charge in [0.15, 0.2) is 0 Å². The second-order valence-electron chi connectivity index (χ2n) is 2.71. The van der Waals surface area contributed by atoms with E-state index in [4.69, 9.17) is 11.5 Å². The van der Waals surface area contributed by atoms with Crippen molar-refractivity contribution in [3.63, 3.8) is 0 Å². The van der Waals surface area contributed by atoms with Crippen molar-refractivity contribution in [2.24, 2.45) is 5.73 Å². The summed E-state index contributed by atoms with van der Waals surface area (Å²) in [6, 6.07) is 5.83. The Morgan fingerprint density at radius 2 is 2.14 bits per heavy atom. The van der Waals surface area contributed by atoms with Crippen molar-refractivity contribution in [2.75, 3.05) is 18.0 Å². The summed E-state index contributed by atoms with van der Waals surface area (Å²) < 4.78 is 1.05. The topological polar surface area (TPSA) is 52.0 Å². The summed E-state index contributed by atoms with van der Waals surface area (Å²) in [7, 11) is 0. The second-order valence-corrected chi connectivity index (χ2v) is 4.62. The Hall–Kier alpha value is -0.450. The first-order valence-corrected chi connectivity index (χ1v) is 6.05. The normalized spacial score (nSPS) is 11.0. The first-order valence-electron chi connectivity index (χ1n) is 4.27. The molecule has 0 bridgehead atoms. The van der Waals surface area contributed by atoms with Crippen LogP contribution in [0.3, 0.4) is 0 Å². The summed E-state index contributed by atoms with van der Waals surface area (Å²) in [6.45, 7) is 0.601. The average molecular weight is 273 g/mol. The molecule has 0 aromatic heterocycles. The van der Waals surface area contributed by atoms with Gasteiger partial charge in [0.2, 0.25) is 0 Å². The van der Waals surface area contributed by atoms with E-state index >= 15 is 0 Å². The molecule has 0 saturated heterocycles. The molecule has 0 atom stereocenters. The van der Waals surface area contributed by atoms with Gasteiger partial charge in [-0.15, -0.1) is 11.8 Å². The fourth-order valence-electron chi connectivity index (χ4n) is 0.936. The molecule has 0 aliphatic carbocycles. The van der Waals surface area contributed by atoms with Crippen molar-refractivity contribution >= 4 is 33.4 Å². The Bertz CT molecular complexity index is 326. The smallest absolute Gasteiger partial charge is 0.0331 e. The van der Waals surface area contributed by atoms with Gasteiger partial charge in [-0.05, 0) is 34.1 Å². The summed E-state index contributed by atoms with van der Waals surface area (Å²) in [5.41, 5.74) is 11.7. The zero-order valence-corrected chi connectivity index (χ0v) is 10.1. The molecule has 4 N–H and O–H groups in total. The molecule has 0 heterocycles. The molecule has 76 valence electrons. The van der Waals surface area contributed by atoms with Gasteiger partial charge in [0.25, 0.3) is 0 Å². The Balaban J connectivity index is 2.55. The molecular formula is C10H13BrN2S. The van der Waals surface area contributed by atoms with Crippen LogP contribution in [-0.2, 0) is 0 Å². The monoisotopic (exact) mass is 272 g/mol. The fraction of sp³-hybridized carbons (Fsp3) is 0.200. The summed E-state index contributed by atoms with van der Waals surface area (Å²) in [5, 5.41) is 0. The summed E-state index contributed by atoms with van der Waals surface area (Å²) >= 11 is 5.22. The molecule has 0 aliphatic heterocycles. The van der Waals surface area contributed by atoms with Gasteiger partial charge >= 0.3 is 0 Å². The number of hydrogen-bond donors (Lipinski definition) is 2. The van der Waals surface area contributed by atoms with Crippen LogP contribution in [0.25, 0.3) is 0 Å². The first-order chi connectivity index (χ1) is 6.74. The van der Waals surface area contributed by atoms with Crippen LogP contribution in [0, 0.1) is 0 Å². The van der Waals surface area contributed by atoms with E-state index in [1.807, 2.05) is 24.3 Å². The molecule has 0 amide bonds. The van der Waals surface area contributed by atoms with Crippen LogP contribution in [-0.4, -0.2) is 12.3 Å². The molecule has 0 aliphatic rings. The predicted molar refractivity (Wildman–Crippen MR) is 67.5 cm³/mol. The number of rotatable bonds is 4. The van der Waals surface area contributed by atoms with Crippen LogP contribution in [0.5, 0.6) is 0 Å². The van der Waals surface area contributed by atoms with E-state index in [-0.39, 0.29) is 0 Å². The Morgan fingerprint density at radius 3 is 2.79 bits per heavy atom. The minimum atomic E-state index is 0.601. The quantitative estimate of drug-likeness (QED) is 0.503. The van der Waals surface area contributed by atoms with Gasteiger partial charge in [-0.3, -0.25) is 0 Å². The van der Waals surface area contributed by atoms with Crippen molar-refractivity contribution in [3.8, 4) is 0 Å². The number of benzene rings is 1. The van der Waals surface area contributed by atoms with E-state index in [1.54, 1.807) is 11.8 Å². The van der Waals surface area contributed by atoms with Crippen molar-refractivity contribution in [2.45, 2.75) is 4.90 Å². The maximum absolute atomic E-state index is 5.63. The van der Waals surface area contributed by atoms with Gasteiger partial charge in [0.05, 0.1) is 0 Å². The second kappa shape index (κ2) is 6.11. The van der Waals surface area contributed by atoms with Crippen molar-refractivity contribution < 1.29 is 0 Å². The molecule has 4 heteroatoms. The highest BCUT2D eigenvalue weighted by Gasteiger charge is 1.98. The lowest BCUT2D eigenvalue weighted by Crippen LogP contribution is -1.92. The Kier molecular flexibility index (Phi) is 5.07. The third kappa shape index (κ3) is 3.74. The molecule has 1 aromatic rings. The molecule has 0 fully saturated rings. The Labute approximate surface area is 96.9 Å². The minimum absolute atomic E-state index is 0.601. The third-order valence-electron chi connectivity index (χ3n) is 1.59. The minimum Gasteiger partial charge on any atom is -0.399 e. The van der Waals surface area contributed by atoms with E-state index < -0.39 is 0 Å². The molecular weight excluding hydrogens is 260 g/mol. The third-order valence-corrected chi connectivity index (χ3v) is 3.54. The van der Waals surface area contributed by atoms with Crippen LogP contribution < -0.4 is 11.5 Å². The lowest BCUT2D eigenvalue weighted by Gasteiger charge is -2.02. The van der Waals surface area contributed by atoms with Crippen molar-refractivity contribution in [3.05, 3.63) is 34.8 Å². The van der Waals surface area contributed by atoms with Crippen LogP contribution in [0.15, 0.2) is 39.7 Å². The average Bonchev–Trinajstić information content (AvgIpc) is 2.15. The number of hydrogen-bond acceptors (Lipinski definition) is 3. The lowest BCUT2D eigenvalue weighted by molar-refractivity contribution is 1.25. The number of nitrogens with two attached hydrogens (primary N) is 2. The molecule has 14 heavy (non-hydrogen) atoms. The highest BCUT2D eigenvalue weighted by molar-refractivity contribution is 9.10. The van der Waals surface area contributed by atoms with Gasteiger partial charge in [-0.25, -0.2) is 0 Å². The Morgan fingerprint density at radius 1 is 1.36 bits per heavy atom. The largest absolute Gasteiger partial charge is 0.399 e. The SMILES string of the molecule is NC/C=C/CSc1ccc(N)cc1Br. The molecule has 0 unspecified atom stereocenters. The summed E-state index contributed by atoms with van der Waals surface area (Å²) in [4.78, 5) is 1.20. The molecule has 0 spiro atoms. The van der Waals surface area contributed by atoms with Gasteiger partial charge < -0.3 is 11.5 Å². The van der Waals surface area contributed by atoms with Gasteiger partial charge in [0, 0.05) is 27.4 Å². The molecule has 0 radical (unpaired) electrons. The molecule has 1 aromatic carbocycles. The number of nitrogen functional groups attached to an aromatic ring is 1. The van der Waals surface area contributed by atoms with Gasteiger partial charge in [-0.1, -0.05) is 12.2 Å². The zero-order valence-electron chi connectivity index (χ0n) is 7.74. The molecule has 0 saturated carbocycles. The van der Waals surface area contributed by atoms with E-state index in [0.717, 1.165) is 15.9 Å². The highest BCUT2D eigenvalue weighted by Crippen LogP contribution is 2.29. The number of thioether (sulfide) groups is 1. The maximum atomic E-state index is 5.63. The fourth-order valence-corrected chi connectivity index (χ4v) is 2.45. The van der Waals surface area contributed by atoms with Gasteiger partial charge in [-0.2, -0.15) is 0 Å².